The maximum Gasteiger partial charge on any atom is 0.287 e. The Balaban J connectivity index is 1.65. The van der Waals surface area contributed by atoms with Gasteiger partial charge in [0, 0.05) is 19.1 Å². The number of nitrogens with one attached hydrogen (secondary N) is 1. The highest BCUT2D eigenvalue weighted by Crippen LogP contribution is 2.30. The van der Waals surface area contributed by atoms with E-state index in [0.29, 0.717) is 11.6 Å². The molecule has 2 heterocycles. The summed E-state index contributed by atoms with van der Waals surface area (Å²) in [4.78, 5) is 23.4. The maximum absolute atomic E-state index is 12.5. The summed E-state index contributed by atoms with van der Waals surface area (Å²) in [5.74, 6) is 0.557. The topological polar surface area (TPSA) is 73.2 Å². The van der Waals surface area contributed by atoms with Crippen LogP contribution in [-0.2, 0) is 9.53 Å². The van der Waals surface area contributed by atoms with E-state index in [4.69, 9.17) is 16.3 Å². The predicted octanol–water partition coefficient (Wildman–Crippen LogP) is 2.67. The molecule has 2 aliphatic rings. The van der Waals surface area contributed by atoms with E-state index in [1.807, 2.05) is 0 Å². The van der Waals surface area contributed by atoms with Gasteiger partial charge in [-0.2, -0.15) is 5.10 Å². The van der Waals surface area contributed by atoms with Crippen molar-refractivity contribution in [1.29, 1.82) is 0 Å². The Labute approximate surface area is 146 Å². The lowest BCUT2D eigenvalue weighted by Crippen LogP contribution is -2.31. The van der Waals surface area contributed by atoms with Crippen molar-refractivity contribution < 1.29 is 9.53 Å². The number of carbonyl (C=O) groups is 1. The van der Waals surface area contributed by atoms with E-state index in [9.17, 15) is 9.59 Å². The second-order valence-corrected chi connectivity index (χ2v) is 7.17. The Morgan fingerprint density at radius 1 is 1.33 bits per heavy atom. The maximum atomic E-state index is 12.5. The third-order valence-electron chi connectivity index (χ3n) is 5.06. The van der Waals surface area contributed by atoms with Crippen molar-refractivity contribution in [1.82, 2.24) is 9.78 Å². The number of aldehydes is 1. The van der Waals surface area contributed by atoms with E-state index < -0.39 is 0 Å². The number of anilines is 1. The van der Waals surface area contributed by atoms with Crippen molar-refractivity contribution in [2.24, 2.45) is 11.8 Å². The average Bonchev–Trinajstić information content (AvgIpc) is 2.64. The minimum absolute atomic E-state index is 0.0343. The van der Waals surface area contributed by atoms with Gasteiger partial charge in [-0.25, -0.2) is 4.68 Å². The molecule has 1 aromatic rings. The summed E-state index contributed by atoms with van der Waals surface area (Å²) < 4.78 is 6.95. The van der Waals surface area contributed by atoms with Crippen LogP contribution in [0.2, 0.25) is 5.02 Å². The quantitative estimate of drug-likeness (QED) is 0.824. The third-order valence-corrected chi connectivity index (χ3v) is 5.42. The van der Waals surface area contributed by atoms with Crippen molar-refractivity contribution in [3.63, 3.8) is 0 Å². The highest BCUT2D eigenvalue weighted by molar-refractivity contribution is 6.32. The second kappa shape index (κ2) is 8.12. The molecule has 2 fully saturated rings. The van der Waals surface area contributed by atoms with Crippen LogP contribution in [0.25, 0.3) is 0 Å². The van der Waals surface area contributed by atoms with Gasteiger partial charge in [-0.05, 0) is 44.4 Å². The second-order valence-electron chi connectivity index (χ2n) is 6.79. The summed E-state index contributed by atoms with van der Waals surface area (Å²) in [5.41, 5.74) is 0.334. The number of hydrogen-bond donors (Lipinski definition) is 1. The number of nitrogens with zero attached hydrogens (tertiary/aromatic N) is 2. The first-order chi connectivity index (χ1) is 11.7. The molecular weight excluding hydrogens is 330 g/mol. The molecule has 1 aliphatic heterocycles. The summed E-state index contributed by atoms with van der Waals surface area (Å²) in [7, 11) is 0. The fourth-order valence-electron chi connectivity index (χ4n) is 3.53. The first-order valence-electron chi connectivity index (χ1n) is 8.73. The van der Waals surface area contributed by atoms with E-state index >= 15 is 0 Å². The Bertz CT molecular complexity index is 620. The molecule has 1 atom stereocenters. The van der Waals surface area contributed by atoms with Crippen LogP contribution in [0.1, 0.15) is 44.6 Å². The summed E-state index contributed by atoms with van der Waals surface area (Å²) in [6.07, 6.45) is 8.04. The van der Waals surface area contributed by atoms with Gasteiger partial charge < -0.3 is 14.8 Å². The molecule has 132 valence electrons. The van der Waals surface area contributed by atoms with Crippen molar-refractivity contribution in [3.05, 3.63) is 21.6 Å². The molecule has 1 N–H and O–H groups in total. The van der Waals surface area contributed by atoms with E-state index in [1.165, 1.54) is 4.68 Å². The van der Waals surface area contributed by atoms with Gasteiger partial charge >= 0.3 is 0 Å². The van der Waals surface area contributed by atoms with Crippen LogP contribution in [0.4, 0.5) is 5.69 Å². The summed E-state index contributed by atoms with van der Waals surface area (Å²) in [5, 5.41) is 7.74. The Kier molecular flexibility index (Phi) is 5.89. The molecular formula is C17H24ClN3O3. The first-order valence-corrected chi connectivity index (χ1v) is 9.11. The number of aromatic nitrogens is 2. The number of ether oxygens (including phenoxy) is 1. The van der Waals surface area contributed by atoms with Crippen LogP contribution in [0.5, 0.6) is 0 Å². The summed E-state index contributed by atoms with van der Waals surface area (Å²) >= 11 is 6.27. The van der Waals surface area contributed by atoms with E-state index in [1.54, 1.807) is 6.20 Å². The predicted molar refractivity (Wildman–Crippen MR) is 92.6 cm³/mol. The molecule has 1 aromatic heterocycles. The lowest BCUT2D eigenvalue weighted by atomic mass is 9.87. The van der Waals surface area contributed by atoms with Crippen molar-refractivity contribution in [3.8, 4) is 0 Å². The normalized spacial score (nSPS) is 27.6. The lowest BCUT2D eigenvalue weighted by Gasteiger charge is -2.26. The molecule has 0 amide bonds. The number of hydrogen-bond acceptors (Lipinski definition) is 5. The van der Waals surface area contributed by atoms with Gasteiger partial charge in [0.2, 0.25) is 0 Å². The fraction of sp³-hybridized carbons (Fsp3) is 0.706. The standard InChI is InChI=1S/C17H24ClN3O3/c18-16-15(19-8-13-2-1-7-24-11-13)9-20-21(17(16)23)14-5-3-12(10-22)4-6-14/h9-10,12-14,19H,1-8,11H2. The lowest BCUT2D eigenvalue weighted by molar-refractivity contribution is -0.112. The van der Waals surface area contributed by atoms with E-state index in [0.717, 1.165) is 64.6 Å². The highest BCUT2D eigenvalue weighted by atomic mass is 35.5. The van der Waals surface area contributed by atoms with Crippen LogP contribution in [0, 0.1) is 11.8 Å². The van der Waals surface area contributed by atoms with Gasteiger partial charge in [-0.1, -0.05) is 11.6 Å². The fourth-order valence-corrected chi connectivity index (χ4v) is 3.74. The van der Waals surface area contributed by atoms with Gasteiger partial charge in [-0.15, -0.1) is 0 Å². The first kappa shape index (κ1) is 17.4. The van der Waals surface area contributed by atoms with Gasteiger partial charge in [0.15, 0.2) is 0 Å². The molecule has 1 unspecified atom stereocenters. The number of rotatable bonds is 5. The number of halogens is 1. The molecule has 0 bridgehead atoms. The zero-order valence-electron chi connectivity index (χ0n) is 13.7. The van der Waals surface area contributed by atoms with Crippen molar-refractivity contribution in [2.75, 3.05) is 25.1 Å². The van der Waals surface area contributed by atoms with Crippen LogP contribution in [0.3, 0.4) is 0 Å². The molecule has 0 radical (unpaired) electrons. The highest BCUT2D eigenvalue weighted by Gasteiger charge is 2.24. The summed E-state index contributed by atoms with van der Waals surface area (Å²) in [6.45, 7) is 2.31. The van der Waals surface area contributed by atoms with Crippen LogP contribution in [0.15, 0.2) is 11.0 Å². The van der Waals surface area contributed by atoms with Crippen LogP contribution >= 0.6 is 11.6 Å². The van der Waals surface area contributed by atoms with Crippen molar-refractivity contribution in [2.45, 2.75) is 44.6 Å². The smallest absolute Gasteiger partial charge is 0.287 e. The van der Waals surface area contributed by atoms with Crippen LogP contribution in [-0.4, -0.2) is 35.8 Å². The zero-order valence-corrected chi connectivity index (χ0v) is 14.5. The molecule has 24 heavy (non-hydrogen) atoms. The third kappa shape index (κ3) is 3.98. The van der Waals surface area contributed by atoms with Crippen molar-refractivity contribution >= 4 is 23.6 Å². The Morgan fingerprint density at radius 3 is 2.79 bits per heavy atom. The van der Waals surface area contributed by atoms with E-state index in [-0.39, 0.29) is 22.5 Å². The monoisotopic (exact) mass is 353 g/mol. The minimum Gasteiger partial charge on any atom is -0.382 e. The Hall–Kier alpha value is -1.40. The zero-order chi connectivity index (χ0) is 16.9. The molecule has 7 heteroatoms. The molecule has 1 aliphatic carbocycles. The Morgan fingerprint density at radius 2 is 2.12 bits per heavy atom. The minimum atomic E-state index is -0.254. The van der Waals surface area contributed by atoms with Gasteiger partial charge in [0.05, 0.1) is 24.5 Å². The molecule has 1 saturated heterocycles. The van der Waals surface area contributed by atoms with Crippen LogP contribution < -0.4 is 10.9 Å². The SMILES string of the molecule is O=CC1CCC(n2ncc(NCC3CCCOC3)c(Cl)c2=O)CC1. The van der Waals surface area contributed by atoms with Gasteiger partial charge in [-0.3, -0.25) is 4.79 Å². The van der Waals surface area contributed by atoms with E-state index in [2.05, 4.69) is 10.4 Å². The average molecular weight is 354 g/mol. The molecule has 3 rings (SSSR count). The number of carbonyl (C=O) groups excluding carboxylic acids is 1. The molecule has 0 spiro atoms. The van der Waals surface area contributed by atoms with Gasteiger partial charge in [0.1, 0.15) is 11.3 Å². The van der Waals surface area contributed by atoms with Gasteiger partial charge in [0.25, 0.3) is 5.56 Å². The molecule has 0 aromatic carbocycles. The summed E-state index contributed by atoms with van der Waals surface area (Å²) in [6, 6.07) is 0.0343. The molecule has 1 saturated carbocycles. The largest absolute Gasteiger partial charge is 0.382 e. The molecule has 6 nitrogen and oxygen atoms in total.